The largest absolute Gasteiger partial charge is 0.440 e. The van der Waals surface area contributed by atoms with Gasteiger partial charge >= 0.3 is 11.3 Å². The molecule has 0 aromatic heterocycles. The predicted octanol–water partition coefficient (Wildman–Crippen LogP) is 4.65. The highest BCUT2D eigenvalue weighted by molar-refractivity contribution is 7.81. The Kier molecular flexibility index (Phi) is 8.98. The molecule has 0 radical (unpaired) electrons. The van der Waals surface area contributed by atoms with Crippen LogP contribution in [-0.4, -0.2) is 11.3 Å². The van der Waals surface area contributed by atoms with Gasteiger partial charge in [0, 0.05) is 0 Å². The Bertz CT molecular complexity index is 54.6. The predicted molar refractivity (Wildman–Crippen MR) is 58.3 cm³/mol. The molecule has 0 saturated heterocycles. The molecule has 0 fully saturated rings. The lowest BCUT2D eigenvalue weighted by atomic mass is 11.9. The third-order valence-electron chi connectivity index (χ3n) is 0. The minimum absolute atomic E-state index is 1.62. The van der Waals surface area contributed by atoms with Crippen molar-refractivity contribution >= 4 is 88.9 Å². The summed E-state index contributed by atoms with van der Waals surface area (Å²) in [6.45, 7) is 1.62. The van der Waals surface area contributed by atoms with Crippen LogP contribution in [0.4, 0.5) is 0 Å². The molecule has 0 aliphatic heterocycles. The fourth-order valence-corrected chi connectivity index (χ4v) is 0. The molecule has 0 atom stereocenters. The monoisotopic (exact) mass is 316 g/mol. The molecule has 0 saturated carbocycles. The van der Waals surface area contributed by atoms with Crippen molar-refractivity contribution in [2.24, 2.45) is 0 Å². The van der Waals surface area contributed by atoms with Crippen molar-refractivity contribution in [1.82, 2.24) is 0 Å². The summed E-state index contributed by atoms with van der Waals surface area (Å²) >= 11 is 35.5. The van der Waals surface area contributed by atoms with Crippen molar-refractivity contribution in [3.05, 3.63) is 0 Å². The zero-order chi connectivity index (χ0) is 9.00. The quantitative estimate of drug-likeness (QED) is 0.450. The van der Waals surface area contributed by atoms with E-state index in [1.54, 1.807) is 6.55 Å². The van der Waals surface area contributed by atoms with Crippen LogP contribution in [0.25, 0.3) is 0 Å². The highest BCUT2D eigenvalue weighted by atomic mass is 36.0. The molecule has 0 aliphatic rings. The number of rotatable bonds is 0. The van der Waals surface area contributed by atoms with Gasteiger partial charge in [-0.2, -0.15) is 0 Å². The molecule has 0 rings (SSSR count). The second-order valence-corrected chi connectivity index (χ2v) is 22.5. The van der Waals surface area contributed by atoms with E-state index < -0.39 is 11.3 Å². The molecule has 0 aromatic rings. The Hall–Kier alpha value is 2.46. The molecule has 0 aliphatic carbocycles. The Labute approximate surface area is 94.6 Å². The van der Waals surface area contributed by atoms with Gasteiger partial charge in [-0.3, -0.25) is 0 Å². The van der Waals surface area contributed by atoms with Crippen LogP contribution in [0.5, 0.6) is 0 Å². The van der Waals surface area contributed by atoms with Crippen molar-refractivity contribution in [3.63, 3.8) is 0 Å². The van der Waals surface area contributed by atoms with Crippen LogP contribution < -0.4 is 0 Å². The normalized spacial score (nSPS) is 12.0. The lowest BCUT2D eigenvalue weighted by Crippen LogP contribution is -1.97. The fourth-order valence-electron chi connectivity index (χ4n) is 0. The SMILES string of the molecule is C[Si](Cl)(Cl)Cl.Cl[Si](Cl)(Cl)Cl. The lowest BCUT2D eigenvalue weighted by molar-refractivity contribution is 2.31. The third-order valence-corrected chi connectivity index (χ3v) is 0. The van der Waals surface area contributed by atoms with Gasteiger partial charge in [0.25, 0.3) is 0 Å². The second-order valence-electron chi connectivity index (χ2n) is 1.21. The third kappa shape index (κ3) is 154. The maximum atomic E-state index is 5.20. The first-order valence-corrected chi connectivity index (χ1v) is 13.4. The summed E-state index contributed by atoms with van der Waals surface area (Å²) in [5.74, 6) is 0. The van der Waals surface area contributed by atoms with Crippen LogP contribution >= 0.6 is 77.6 Å². The van der Waals surface area contributed by atoms with E-state index >= 15 is 0 Å². The van der Waals surface area contributed by atoms with Crippen LogP contribution in [0.1, 0.15) is 0 Å². The Morgan fingerprint density at radius 1 is 0.700 bits per heavy atom. The molecule has 0 unspecified atom stereocenters. The van der Waals surface area contributed by atoms with E-state index in [0.29, 0.717) is 0 Å². The molecule has 0 aromatic carbocycles. The van der Waals surface area contributed by atoms with Crippen molar-refractivity contribution in [1.29, 1.82) is 0 Å². The number of hydrogen-bond donors (Lipinski definition) is 0. The van der Waals surface area contributed by atoms with Crippen molar-refractivity contribution < 1.29 is 0 Å². The fraction of sp³-hybridized carbons (Fsp3) is 1.00. The Morgan fingerprint density at radius 3 is 0.700 bits per heavy atom. The van der Waals surface area contributed by atoms with Gasteiger partial charge in [-0.15, -0.1) is 77.6 Å². The van der Waals surface area contributed by atoms with E-state index in [1.807, 2.05) is 0 Å². The minimum atomic E-state index is -2.72. The first-order chi connectivity index (χ1) is 4.00. The standard InChI is InChI=1S/CH3Cl3Si.Cl4Si/c2*1-5(2,3)4/h1H3;. The van der Waals surface area contributed by atoms with Crippen LogP contribution in [0, 0.1) is 0 Å². The summed E-state index contributed by atoms with van der Waals surface area (Å²) in [6.07, 6.45) is 0. The maximum Gasteiger partial charge on any atom is 0.440 e. The smallest absolute Gasteiger partial charge is 0.126 e. The van der Waals surface area contributed by atoms with E-state index in [4.69, 9.17) is 77.6 Å². The van der Waals surface area contributed by atoms with Gasteiger partial charge in [0.2, 0.25) is 0 Å². The molecule has 0 N–H and O–H groups in total. The van der Waals surface area contributed by atoms with Gasteiger partial charge in [-0.1, -0.05) is 0 Å². The van der Waals surface area contributed by atoms with E-state index in [2.05, 4.69) is 0 Å². The van der Waals surface area contributed by atoms with E-state index in [0.717, 1.165) is 0 Å². The van der Waals surface area contributed by atoms with E-state index in [-0.39, 0.29) is 0 Å². The zero-order valence-electron chi connectivity index (χ0n) is 4.65. The van der Waals surface area contributed by atoms with Crippen molar-refractivity contribution in [2.45, 2.75) is 6.55 Å². The summed E-state index contributed by atoms with van der Waals surface area (Å²) in [5.41, 5.74) is 0. The lowest BCUT2D eigenvalue weighted by Gasteiger charge is -1.89. The van der Waals surface area contributed by atoms with Crippen LogP contribution in [0.15, 0.2) is 0 Å². The molecule has 0 bridgehead atoms. The Balaban J connectivity index is 0. The van der Waals surface area contributed by atoms with Crippen LogP contribution in [-0.2, 0) is 0 Å². The molecule has 0 heterocycles. The molecular formula is CH3Cl7Si2. The molecule has 10 heavy (non-hydrogen) atoms. The molecule has 0 spiro atoms. The first kappa shape index (κ1) is 15.0. The minimum Gasteiger partial charge on any atom is -0.126 e. The highest BCUT2D eigenvalue weighted by Gasteiger charge is 2.19. The van der Waals surface area contributed by atoms with E-state index in [9.17, 15) is 0 Å². The number of hydrogen-bond acceptors (Lipinski definition) is 0. The summed E-state index contributed by atoms with van der Waals surface area (Å²) in [6, 6.07) is -2.19. The van der Waals surface area contributed by atoms with Crippen LogP contribution in [0.3, 0.4) is 0 Å². The highest BCUT2D eigenvalue weighted by Crippen LogP contribution is 2.23. The zero-order valence-corrected chi connectivity index (χ0v) is 11.9. The van der Waals surface area contributed by atoms with Gasteiger partial charge in [0.1, 0.15) is 0 Å². The van der Waals surface area contributed by atoms with Crippen LogP contribution in [0.2, 0.25) is 6.55 Å². The summed E-state index contributed by atoms with van der Waals surface area (Å²) < 4.78 is 0. The first-order valence-electron chi connectivity index (χ1n) is 1.82. The summed E-state index contributed by atoms with van der Waals surface area (Å²) in [7, 11) is 0. The van der Waals surface area contributed by atoms with Gasteiger partial charge in [0.05, 0.1) is 0 Å². The molecule has 64 valence electrons. The Morgan fingerprint density at radius 2 is 0.700 bits per heavy atom. The maximum absolute atomic E-state index is 5.20. The average molecular weight is 319 g/mol. The molecule has 0 amide bonds. The van der Waals surface area contributed by atoms with Gasteiger partial charge in [0.15, 0.2) is 0 Å². The van der Waals surface area contributed by atoms with Crippen molar-refractivity contribution in [2.75, 3.05) is 0 Å². The summed E-state index contributed by atoms with van der Waals surface area (Å²) in [4.78, 5) is 0. The molecule has 0 nitrogen and oxygen atoms in total. The van der Waals surface area contributed by atoms with Gasteiger partial charge in [-0.25, -0.2) is 0 Å². The van der Waals surface area contributed by atoms with E-state index in [1.165, 1.54) is 0 Å². The second kappa shape index (κ2) is 6.00. The van der Waals surface area contributed by atoms with Gasteiger partial charge < -0.3 is 0 Å². The topological polar surface area (TPSA) is 0 Å². The number of halogens is 7. The van der Waals surface area contributed by atoms with Gasteiger partial charge in [-0.05, 0) is 6.55 Å². The van der Waals surface area contributed by atoms with Crippen molar-refractivity contribution in [3.8, 4) is 0 Å². The molecular weight excluding hydrogens is 316 g/mol. The average Bonchev–Trinajstić information content (AvgIpc) is 1.12. The summed E-state index contributed by atoms with van der Waals surface area (Å²) in [5, 5.41) is -2.72. The molecule has 9 heteroatoms.